The van der Waals surface area contributed by atoms with Crippen LogP contribution >= 0.6 is 0 Å². The zero-order chi connectivity index (χ0) is 22.2. The van der Waals surface area contributed by atoms with Gasteiger partial charge in [-0.2, -0.15) is 0 Å². The minimum absolute atomic E-state index is 0.582. The summed E-state index contributed by atoms with van der Waals surface area (Å²) in [6.07, 6.45) is 25.6. The van der Waals surface area contributed by atoms with Gasteiger partial charge in [-0.3, -0.25) is 0 Å². The van der Waals surface area contributed by atoms with Crippen LogP contribution in [0, 0.1) is 0 Å². The van der Waals surface area contributed by atoms with Gasteiger partial charge in [0.05, 0.1) is 12.7 Å². The molecule has 0 atom stereocenters. The van der Waals surface area contributed by atoms with Crippen LogP contribution in [0.5, 0.6) is 0 Å². The summed E-state index contributed by atoms with van der Waals surface area (Å²) < 4.78 is 5.73. The van der Waals surface area contributed by atoms with Crippen molar-refractivity contribution >= 4 is 0 Å². The smallest absolute Gasteiger partial charge is 0.0577 e. The zero-order valence-electron chi connectivity index (χ0n) is 20.9. The van der Waals surface area contributed by atoms with E-state index in [0.717, 1.165) is 19.4 Å². The maximum Gasteiger partial charge on any atom is 0.0577 e. The lowest BCUT2D eigenvalue weighted by Gasteiger charge is -2.04. The molecule has 1 rings (SSSR count). The number of ether oxygens (including phenoxy) is 1. The summed E-state index contributed by atoms with van der Waals surface area (Å²) in [5.41, 5.74) is 7.48. The summed E-state index contributed by atoms with van der Waals surface area (Å²) in [6, 6.07) is 0. The topological polar surface area (TPSA) is 9.23 Å². The van der Waals surface area contributed by atoms with Crippen LogP contribution in [0.25, 0.3) is 0 Å². The Morgan fingerprint density at radius 2 is 0.967 bits per heavy atom. The van der Waals surface area contributed by atoms with E-state index in [4.69, 9.17) is 4.74 Å². The van der Waals surface area contributed by atoms with Crippen LogP contribution in [-0.2, 0) is 4.74 Å². The average molecular weight is 413 g/mol. The van der Waals surface area contributed by atoms with Gasteiger partial charge in [-0.1, -0.05) is 58.2 Å². The average Bonchev–Trinajstić information content (AvgIpc) is 3.49. The van der Waals surface area contributed by atoms with E-state index in [0.29, 0.717) is 6.10 Å². The summed E-state index contributed by atoms with van der Waals surface area (Å²) in [5.74, 6) is 0. The fourth-order valence-electron chi connectivity index (χ4n) is 3.37. The van der Waals surface area contributed by atoms with E-state index in [1.165, 1.54) is 85.7 Å². The van der Waals surface area contributed by atoms with E-state index in [1.54, 1.807) is 0 Å². The van der Waals surface area contributed by atoms with Crippen molar-refractivity contribution < 1.29 is 4.74 Å². The number of unbranched alkanes of at least 4 members (excludes halogenated alkanes) is 1. The predicted octanol–water partition coefficient (Wildman–Crippen LogP) is 9.43. The second kappa shape index (κ2) is 16.4. The SMILES string of the molecule is CC(C)=CCCC(C)=CCCC(C)=CCCC=C(C)CCC=C(C)CCOC1CC1. The third kappa shape index (κ3) is 16.5. The summed E-state index contributed by atoms with van der Waals surface area (Å²) in [6.45, 7) is 14.3. The van der Waals surface area contributed by atoms with Gasteiger partial charge in [0.2, 0.25) is 0 Å². The van der Waals surface area contributed by atoms with Crippen molar-refractivity contribution in [3.05, 3.63) is 58.2 Å². The molecular weight excluding hydrogens is 364 g/mol. The van der Waals surface area contributed by atoms with Crippen LogP contribution < -0.4 is 0 Å². The van der Waals surface area contributed by atoms with Gasteiger partial charge >= 0.3 is 0 Å². The molecule has 0 amide bonds. The van der Waals surface area contributed by atoms with Gasteiger partial charge in [-0.25, -0.2) is 0 Å². The zero-order valence-corrected chi connectivity index (χ0v) is 20.9. The molecule has 0 spiro atoms. The van der Waals surface area contributed by atoms with E-state index in [2.05, 4.69) is 71.9 Å². The summed E-state index contributed by atoms with van der Waals surface area (Å²) in [5, 5.41) is 0. The number of hydrogen-bond donors (Lipinski definition) is 0. The molecule has 0 aromatic rings. The molecule has 170 valence electrons. The highest BCUT2D eigenvalue weighted by molar-refractivity contribution is 5.07. The highest BCUT2D eigenvalue weighted by atomic mass is 16.5. The van der Waals surface area contributed by atoms with Gasteiger partial charge < -0.3 is 4.74 Å². The normalized spacial score (nSPS) is 16.2. The fourth-order valence-corrected chi connectivity index (χ4v) is 3.37. The molecule has 0 aromatic carbocycles. The molecule has 0 heterocycles. The van der Waals surface area contributed by atoms with E-state index in [-0.39, 0.29) is 0 Å². The van der Waals surface area contributed by atoms with Crippen molar-refractivity contribution in [3.63, 3.8) is 0 Å². The van der Waals surface area contributed by atoms with Crippen molar-refractivity contribution in [2.45, 2.75) is 118 Å². The minimum Gasteiger partial charge on any atom is -0.378 e. The predicted molar refractivity (Wildman–Crippen MR) is 135 cm³/mol. The third-order valence-corrected chi connectivity index (χ3v) is 5.68. The van der Waals surface area contributed by atoms with Crippen molar-refractivity contribution in [3.8, 4) is 0 Å². The highest BCUT2D eigenvalue weighted by Crippen LogP contribution is 2.24. The number of allylic oxidation sites excluding steroid dienone is 9. The van der Waals surface area contributed by atoms with Crippen molar-refractivity contribution in [2.24, 2.45) is 0 Å². The Balaban J connectivity index is 2.12. The first-order valence-electron chi connectivity index (χ1n) is 12.2. The molecule has 30 heavy (non-hydrogen) atoms. The molecule has 0 aliphatic heterocycles. The molecule has 1 fully saturated rings. The molecule has 0 aromatic heterocycles. The molecule has 1 nitrogen and oxygen atoms in total. The molecular formula is C29H48O. The Bertz CT molecular complexity index is 619. The summed E-state index contributed by atoms with van der Waals surface area (Å²) in [7, 11) is 0. The molecule has 1 heteroatoms. The second-order valence-corrected chi connectivity index (χ2v) is 9.50. The molecule has 1 aliphatic rings. The highest BCUT2D eigenvalue weighted by Gasteiger charge is 2.21. The third-order valence-electron chi connectivity index (χ3n) is 5.68. The second-order valence-electron chi connectivity index (χ2n) is 9.50. The van der Waals surface area contributed by atoms with E-state index in [9.17, 15) is 0 Å². The van der Waals surface area contributed by atoms with Crippen LogP contribution in [0.3, 0.4) is 0 Å². The van der Waals surface area contributed by atoms with Gasteiger partial charge in [0.25, 0.3) is 0 Å². The van der Waals surface area contributed by atoms with Gasteiger partial charge in [0, 0.05) is 0 Å². The molecule has 0 bridgehead atoms. The quantitative estimate of drug-likeness (QED) is 0.181. The van der Waals surface area contributed by atoms with Gasteiger partial charge in [0.1, 0.15) is 0 Å². The largest absolute Gasteiger partial charge is 0.378 e. The molecule has 0 unspecified atom stereocenters. The Kier molecular flexibility index (Phi) is 14.6. The van der Waals surface area contributed by atoms with Crippen LogP contribution in [0.15, 0.2) is 58.2 Å². The standard InChI is InChI=1S/C29H48O/c1-24(2)12-9-15-27(5)18-10-16-25(3)13-7-8-14-26(4)17-11-19-28(6)22-23-30-29-20-21-29/h12-14,18-19,29H,7-11,15-17,20-23H2,1-6H3. The Morgan fingerprint density at radius 3 is 1.40 bits per heavy atom. The first-order chi connectivity index (χ1) is 14.4. The summed E-state index contributed by atoms with van der Waals surface area (Å²) >= 11 is 0. The van der Waals surface area contributed by atoms with E-state index < -0.39 is 0 Å². The van der Waals surface area contributed by atoms with Crippen molar-refractivity contribution in [1.82, 2.24) is 0 Å². The monoisotopic (exact) mass is 412 g/mol. The molecule has 0 N–H and O–H groups in total. The van der Waals surface area contributed by atoms with Crippen LogP contribution in [0.2, 0.25) is 0 Å². The molecule has 1 saturated carbocycles. The Labute approximate surface area is 188 Å². The Morgan fingerprint density at radius 1 is 0.567 bits per heavy atom. The molecule has 0 saturated heterocycles. The van der Waals surface area contributed by atoms with Gasteiger partial charge in [-0.15, -0.1) is 0 Å². The number of rotatable bonds is 16. The first kappa shape index (κ1) is 26.7. The first-order valence-corrected chi connectivity index (χ1v) is 12.2. The number of hydrogen-bond acceptors (Lipinski definition) is 1. The lowest BCUT2D eigenvalue weighted by molar-refractivity contribution is 0.122. The minimum atomic E-state index is 0.582. The summed E-state index contributed by atoms with van der Waals surface area (Å²) in [4.78, 5) is 0. The maximum absolute atomic E-state index is 5.73. The van der Waals surface area contributed by atoms with Crippen molar-refractivity contribution in [1.29, 1.82) is 0 Å². The van der Waals surface area contributed by atoms with Gasteiger partial charge in [-0.05, 0) is 112 Å². The van der Waals surface area contributed by atoms with E-state index >= 15 is 0 Å². The maximum atomic E-state index is 5.73. The molecule has 1 aliphatic carbocycles. The lowest BCUT2D eigenvalue weighted by Crippen LogP contribution is -1.96. The van der Waals surface area contributed by atoms with Gasteiger partial charge in [0.15, 0.2) is 0 Å². The fraction of sp³-hybridized carbons (Fsp3) is 0.655. The molecule has 0 radical (unpaired) electrons. The van der Waals surface area contributed by atoms with Crippen LogP contribution in [-0.4, -0.2) is 12.7 Å². The van der Waals surface area contributed by atoms with Crippen LogP contribution in [0.4, 0.5) is 0 Å². The Hall–Kier alpha value is -1.34. The van der Waals surface area contributed by atoms with Crippen molar-refractivity contribution in [2.75, 3.05) is 6.61 Å². The van der Waals surface area contributed by atoms with Crippen LogP contribution in [0.1, 0.15) is 112 Å². The van der Waals surface area contributed by atoms with E-state index in [1.807, 2.05) is 0 Å². The lowest BCUT2D eigenvalue weighted by atomic mass is 10.0.